The van der Waals surface area contributed by atoms with Gasteiger partial charge in [0.1, 0.15) is 25.0 Å². The Kier molecular flexibility index (Phi) is 6.67. The Balaban J connectivity index is 2.08. The van der Waals surface area contributed by atoms with E-state index in [0.29, 0.717) is 22.7 Å². The molecule has 0 radical (unpaired) electrons. The van der Waals surface area contributed by atoms with Gasteiger partial charge in [-0.05, 0) is 31.2 Å². The molecule has 0 aromatic heterocycles. The smallest absolute Gasteiger partial charge is 0.335 e. The van der Waals surface area contributed by atoms with Gasteiger partial charge in [-0.25, -0.2) is 4.79 Å². The van der Waals surface area contributed by atoms with Crippen LogP contribution in [0.15, 0.2) is 35.5 Å². The largest absolute Gasteiger partial charge is 0.466 e. The number of hydrogen-bond acceptors (Lipinski definition) is 8. The van der Waals surface area contributed by atoms with Crippen LogP contribution in [0.1, 0.15) is 27.2 Å². The maximum atomic E-state index is 12.7. The van der Waals surface area contributed by atoms with Crippen molar-refractivity contribution in [2.75, 3.05) is 18.6 Å². The van der Waals surface area contributed by atoms with E-state index in [1.165, 1.54) is 21.0 Å². The number of halogens is 1. The zero-order valence-corrected chi connectivity index (χ0v) is 18.0. The molecule has 0 N–H and O–H groups in total. The molecule has 1 aromatic rings. The van der Waals surface area contributed by atoms with Crippen LogP contribution in [0.5, 0.6) is 0 Å². The maximum absolute atomic E-state index is 12.7. The van der Waals surface area contributed by atoms with Crippen molar-refractivity contribution in [3.8, 4) is 0 Å². The molecule has 2 aliphatic heterocycles. The Hall–Kier alpha value is -2.58. The Morgan fingerprint density at radius 3 is 2.40 bits per heavy atom. The van der Waals surface area contributed by atoms with Crippen LogP contribution in [0, 0.1) is 5.92 Å². The third-order valence-electron chi connectivity index (χ3n) is 5.22. The number of benzene rings is 1. The van der Waals surface area contributed by atoms with Crippen LogP contribution >= 0.6 is 11.6 Å². The number of methoxy groups -OCH3 is 1. The fraction of sp³-hybridized carbons (Fsp3) is 0.476. The Labute approximate surface area is 179 Å². The van der Waals surface area contributed by atoms with Crippen LogP contribution in [0.4, 0.5) is 5.69 Å². The van der Waals surface area contributed by atoms with Gasteiger partial charge in [0, 0.05) is 42.6 Å². The minimum Gasteiger partial charge on any atom is -0.466 e. The van der Waals surface area contributed by atoms with E-state index in [0.717, 1.165) is 5.69 Å². The molecule has 2 unspecified atom stereocenters. The number of carbonyl (C=O) groups is 3. The molecule has 0 saturated carbocycles. The van der Waals surface area contributed by atoms with Gasteiger partial charge >= 0.3 is 17.9 Å². The first-order chi connectivity index (χ1) is 14.2. The highest BCUT2D eigenvalue weighted by atomic mass is 35.5. The molecule has 4 atom stereocenters. The minimum absolute atomic E-state index is 0.109. The van der Waals surface area contributed by atoms with E-state index in [-0.39, 0.29) is 6.61 Å². The average Bonchev–Trinajstić information content (AvgIpc) is 2.69. The lowest BCUT2D eigenvalue weighted by atomic mass is 9.80. The summed E-state index contributed by atoms with van der Waals surface area (Å²) in [6, 6.07) is 7.14. The lowest BCUT2D eigenvalue weighted by Gasteiger charge is -2.50. The summed E-state index contributed by atoms with van der Waals surface area (Å²) < 4.78 is 21.9. The SMILES string of the molecule is COC(=O)C1=C(C)N(c2ccc(Cl)cc2)C2CC1[C@H](OC(C)=O)[C@@H](COC(C)=O)O2. The fourth-order valence-electron chi connectivity index (χ4n) is 4.06. The van der Waals surface area contributed by atoms with Crippen LogP contribution in [0.2, 0.25) is 5.02 Å². The predicted molar refractivity (Wildman–Crippen MR) is 108 cm³/mol. The summed E-state index contributed by atoms with van der Waals surface area (Å²) >= 11 is 6.02. The van der Waals surface area contributed by atoms with E-state index in [9.17, 15) is 14.4 Å². The lowest BCUT2D eigenvalue weighted by molar-refractivity contribution is -0.193. The Morgan fingerprint density at radius 2 is 1.83 bits per heavy atom. The zero-order valence-electron chi connectivity index (χ0n) is 17.2. The van der Waals surface area contributed by atoms with Crippen LogP contribution in [-0.4, -0.2) is 50.1 Å². The molecule has 162 valence electrons. The van der Waals surface area contributed by atoms with E-state index in [2.05, 4.69) is 0 Å². The van der Waals surface area contributed by atoms with Crippen LogP contribution < -0.4 is 4.90 Å². The highest BCUT2D eigenvalue weighted by Crippen LogP contribution is 2.44. The molecule has 1 saturated heterocycles. The zero-order chi connectivity index (χ0) is 22.0. The first kappa shape index (κ1) is 22.1. The maximum Gasteiger partial charge on any atom is 0.335 e. The van der Waals surface area contributed by atoms with Gasteiger partial charge in [0.05, 0.1) is 12.7 Å². The topological polar surface area (TPSA) is 91.4 Å². The second-order valence-corrected chi connectivity index (χ2v) is 7.62. The van der Waals surface area contributed by atoms with Crippen molar-refractivity contribution in [2.45, 2.75) is 45.6 Å². The van der Waals surface area contributed by atoms with E-state index in [1.807, 2.05) is 17.0 Å². The van der Waals surface area contributed by atoms with Crippen molar-refractivity contribution in [3.05, 3.63) is 40.6 Å². The highest BCUT2D eigenvalue weighted by Gasteiger charge is 2.51. The summed E-state index contributed by atoms with van der Waals surface area (Å²) in [5.41, 5.74) is 1.80. The molecule has 3 rings (SSSR count). The molecule has 2 bridgehead atoms. The van der Waals surface area contributed by atoms with E-state index < -0.39 is 42.3 Å². The third kappa shape index (κ3) is 4.44. The second-order valence-electron chi connectivity index (χ2n) is 7.19. The molecule has 0 aliphatic carbocycles. The highest BCUT2D eigenvalue weighted by molar-refractivity contribution is 6.30. The fourth-order valence-corrected chi connectivity index (χ4v) is 4.19. The van der Waals surface area contributed by atoms with Crippen molar-refractivity contribution in [2.24, 2.45) is 5.92 Å². The van der Waals surface area contributed by atoms with Crippen molar-refractivity contribution in [1.29, 1.82) is 0 Å². The van der Waals surface area contributed by atoms with E-state index >= 15 is 0 Å². The summed E-state index contributed by atoms with van der Waals surface area (Å²) in [6.45, 7) is 4.25. The molecule has 2 aliphatic rings. The minimum atomic E-state index is -0.797. The van der Waals surface area contributed by atoms with Gasteiger partial charge in [-0.2, -0.15) is 0 Å². The van der Waals surface area contributed by atoms with Crippen molar-refractivity contribution < 1.29 is 33.3 Å². The van der Waals surface area contributed by atoms with Crippen LogP contribution in [0.3, 0.4) is 0 Å². The van der Waals surface area contributed by atoms with Gasteiger partial charge in [-0.1, -0.05) is 11.6 Å². The number of rotatable bonds is 5. The normalized spacial score (nSPS) is 25.6. The van der Waals surface area contributed by atoms with E-state index in [1.54, 1.807) is 19.1 Å². The van der Waals surface area contributed by atoms with Gasteiger partial charge in [0.15, 0.2) is 0 Å². The Bertz CT molecular complexity index is 867. The Morgan fingerprint density at radius 1 is 1.17 bits per heavy atom. The first-order valence-corrected chi connectivity index (χ1v) is 9.90. The number of fused-ring (bicyclic) bond motifs is 2. The van der Waals surface area contributed by atoms with Gasteiger partial charge in [-0.15, -0.1) is 0 Å². The first-order valence-electron chi connectivity index (χ1n) is 9.52. The van der Waals surface area contributed by atoms with Crippen molar-refractivity contribution >= 4 is 35.2 Å². The van der Waals surface area contributed by atoms with Gasteiger partial charge in [0.2, 0.25) is 0 Å². The number of ether oxygens (including phenoxy) is 4. The molecule has 9 heteroatoms. The summed E-state index contributed by atoms with van der Waals surface area (Å²) in [6.07, 6.45) is -1.62. The molecule has 2 heterocycles. The molecule has 8 nitrogen and oxygen atoms in total. The number of allylic oxidation sites excluding steroid dienone is 1. The van der Waals surface area contributed by atoms with Gasteiger partial charge in [-0.3, -0.25) is 9.59 Å². The monoisotopic (exact) mass is 437 g/mol. The summed E-state index contributed by atoms with van der Waals surface area (Å²) in [5.74, 6) is -1.98. The van der Waals surface area contributed by atoms with Gasteiger partial charge < -0.3 is 23.8 Å². The van der Waals surface area contributed by atoms with E-state index in [4.69, 9.17) is 30.5 Å². The number of esters is 3. The lowest BCUT2D eigenvalue weighted by Crippen LogP contribution is -2.58. The summed E-state index contributed by atoms with van der Waals surface area (Å²) in [5, 5.41) is 0.579. The number of hydrogen-bond donors (Lipinski definition) is 0. The van der Waals surface area contributed by atoms with Gasteiger partial charge in [0.25, 0.3) is 0 Å². The molecule has 30 heavy (non-hydrogen) atoms. The molecule has 0 amide bonds. The summed E-state index contributed by atoms with van der Waals surface area (Å²) in [7, 11) is 1.30. The molecule has 1 aromatic carbocycles. The van der Waals surface area contributed by atoms with Crippen molar-refractivity contribution in [1.82, 2.24) is 0 Å². The predicted octanol–water partition coefficient (Wildman–Crippen LogP) is 2.83. The third-order valence-corrected chi connectivity index (χ3v) is 5.48. The van der Waals surface area contributed by atoms with Crippen LogP contribution in [-0.2, 0) is 33.3 Å². The number of carbonyl (C=O) groups excluding carboxylic acids is 3. The quantitative estimate of drug-likeness (QED) is 0.513. The van der Waals surface area contributed by atoms with Crippen molar-refractivity contribution in [3.63, 3.8) is 0 Å². The van der Waals surface area contributed by atoms with Crippen LogP contribution in [0.25, 0.3) is 0 Å². The second kappa shape index (κ2) is 9.06. The molecule has 1 fully saturated rings. The molecule has 0 spiro atoms. The standard InChI is InChI=1S/C21H24ClNO7/c1-11-19(21(26)27-4)16-9-18(23(11)15-7-5-14(22)6-8-15)30-17(10-28-12(2)24)20(16)29-13(3)25/h5-8,16-18,20H,9-10H2,1-4H3/t16?,17-,18?,20+/m1/s1. The molecular formula is C21H24ClNO7. The number of nitrogens with zero attached hydrogens (tertiary/aromatic N) is 1. The summed E-state index contributed by atoms with van der Waals surface area (Å²) in [4.78, 5) is 37.7. The number of anilines is 1. The average molecular weight is 438 g/mol. The molecular weight excluding hydrogens is 414 g/mol.